The van der Waals surface area contributed by atoms with Gasteiger partial charge in [-0.05, 0) is 39.3 Å². The van der Waals surface area contributed by atoms with Gasteiger partial charge in [0.2, 0.25) is 5.91 Å². The van der Waals surface area contributed by atoms with Gasteiger partial charge in [-0.15, -0.1) is 0 Å². The second-order valence-corrected chi connectivity index (χ2v) is 8.92. The number of nitrogen functional groups attached to an aromatic ring is 1. The topological polar surface area (TPSA) is 99.2 Å². The molecule has 196 valence electrons. The molecule has 0 radical (unpaired) electrons. The minimum Gasteiger partial charge on any atom is -0.493 e. The molecule has 1 atom stereocenters. The average molecular weight is 527 g/mol. The number of amides is 1. The van der Waals surface area contributed by atoms with E-state index in [2.05, 4.69) is 9.97 Å². The third-order valence-electron chi connectivity index (χ3n) is 6.29. The molecule has 1 aliphatic heterocycles. The summed E-state index contributed by atoms with van der Waals surface area (Å²) < 4.78 is 37.1. The van der Waals surface area contributed by atoms with Crippen molar-refractivity contribution >= 4 is 34.4 Å². The number of likely N-dealkylation sites (tertiary alicyclic amines) is 1. The Morgan fingerprint density at radius 1 is 1.25 bits per heavy atom. The van der Waals surface area contributed by atoms with Crippen molar-refractivity contribution in [1.82, 2.24) is 24.6 Å². The van der Waals surface area contributed by atoms with E-state index in [9.17, 15) is 18.0 Å². The number of benzene rings is 1. The zero-order valence-corrected chi connectivity index (χ0v) is 21.6. The molecule has 3 aromatic rings. The summed E-state index contributed by atoms with van der Waals surface area (Å²) in [4.78, 5) is 22.5. The molecule has 0 aliphatic carbocycles. The molecular formula is C24H30ClF3N6O2. The summed E-state index contributed by atoms with van der Waals surface area (Å²) in [6.45, 7) is 8.02. The van der Waals surface area contributed by atoms with Crippen LogP contribution >= 0.6 is 11.6 Å². The van der Waals surface area contributed by atoms with Crippen molar-refractivity contribution in [3.8, 4) is 5.75 Å². The molecule has 1 fully saturated rings. The van der Waals surface area contributed by atoms with Crippen molar-refractivity contribution in [2.75, 3.05) is 25.4 Å². The average Bonchev–Trinajstić information content (AvgIpc) is 3.13. The minimum absolute atomic E-state index is 0.170. The van der Waals surface area contributed by atoms with Gasteiger partial charge in [-0.1, -0.05) is 18.5 Å². The lowest BCUT2D eigenvalue weighted by atomic mass is 9.85. The van der Waals surface area contributed by atoms with Gasteiger partial charge in [0.25, 0.3) is 0 Å². The number of aryl methyl sites for hydroxylation is 1. The third kappa shape index (κ3) is 5.35. The molecule has 0 spiro atoms. The number of anilines is 1. The van der Waals surface area contributed by atoms with Crippen LogP contribution in [0.25, 0.3) is 11.0 Å². The Labute approximate surface area is 212 Å². The van der Waals surface area contributed by atoms with E-state index in [1.807, 2.05) is 50.3 Å². The van der Waals surface area contributed by atoms with Gasteiger partial charge in [-0.25, -0.2) is 14.6 Å². The number of fused-ring (bicyclic) bond motifs is 1. The smallest absolute Gasteiger partial charge is 0.379 e. The fraction of sp³-hybridized carbons (Fsp3) is 0.500. The first-order valence-electron chi connectivity index (χ1n) is 11.6. The molecule has 0 bridgehead atoms. The number of alkyl halides is 3. The van der Waals surface area contributed by atoms with Gasteiger partial charge in [-0.2, -0.15) is 18.3 Å². The summed E-state index contributed by atoms with van der Waals surface area (Å²) in [5.74, 6) is 1.58. The summed E-state index contributed by atoms with van der Waals surface area (Å²) in [5, 5.41) is 6.15. The molecule has 12 heteroatoms. The SMILES string of the molecule is CCOc1c(C(C)n2nc(C)c3c(N)ncnc32)cc(Cl)c(C)c1C1CN(C(=O)CC)C1.FC(F)F. The molecular weight excluding hydrogens is 497 g/mol. The van der Waals surface area contributed by atoms with Crippen molar-refractivity contribution in [3.63, 3.8) is 0 Å². The second kappa shape index (κ2) is 11.3. The second-order valence-electron chi connectivity index (χ2n) is 8.51. The maximum atomic E-state index is 12.1. The molecule has 1 amide bonds. The quantitative estimate of drug-likeness (QED) is 0.474. The lowest BCUT2D eigenvalue weighted by molar-refractivity contribution is -0.135. The Bertz CT molecular complexity index is 1240. The fourth-order valence-corrected chi connectivity index (χ4v) is 4.75. The van der Waals surface area contributed by atoms with E-state index in [-0.39, 0.29) is 17.9 Å². The molecule has 1 aliphatic rings. The van der Waals surface area contributed by atoms with Gasteiger partial charge >= 0.3 is 6.68 Å². The molecule has 2 aromatic heterocycles. The normalized spacial score (nSPS) is 14.4. The first-order valence-corrected chi connectivity index (χ1v) is 12.0. The Balaban J connectivity index is 0.000000840. The Morgan fingerprint density at radius 3 is 2.47 bits per heavy atom. The molecule has 2 N–H and O–H groups in total. The van der Waals surface area contributed by atoms with E-state index < -0.39 is 6.68 Å². The van der Waals surface area contributed by atoms with Gasteiger partial charge < -0.3 is 15.4 Å². The van der Waals surface area contributed by atoms with Crippen molar-refractivity contribution < 1.29 is 22.7 Å². The molecule has 8 nitrogen and oxygen atoms in total. The van der Waals surface area contributed by atoms with Crippen LogP contribution in [0.4, 0.5) is 19.0 Å². The van der Waals surface area contributed by atoms with E-state index in [1.54, 1.807) is 0 Å². The fourth-order valence-electron chi connectivity index (χ4n) is 4.53. The van der Waals surface area contributed by atoms with Gasteiger partial charge in [0.15, 0.2) is 5.65 Å². The standard InChI is InChI=1S/C23H29ClN6O2.CHF3/c1-6-18(31)29-9-15(10-29)19-12(3)17(24)8-16(21(19)32-7-2)14(5)30-23-20(13(4)28-30)22(25)26-11-27-23;2-1(3)4/h8,11,14-15H,6-7,9-10H2,1-5H3,(H2,25,26,27);1H. The maximum Gasteiger partial charge on any atom is 0.379 e. The van der Waals surface area contributed by atoms with E-state index >= 15 is 0 Å². The number of ether oxygens (including phenoxy) is 1. The molecule has 1 aromatic carbocycles. The summed E-state index contributed by atoms with van der Waals surface area (Å²) in [7, 11) is 0. The highest BCUT2D eigenvalue weighted by Crippen LogP contribution is 2.44. The third-order valence-corrected chi connectivity index (χ3v) is 6.69. The number of aromatic nitrogens is 4. The lowest BCUT2D eigenvalue weighted by Gasteiger charge is -2.41. The monoisotopic (exact) mass is 526 g/mol. The van der Waals surface area contributed by atoms with Crippen molar-refractivity contribution in [2.24, 2.45) is 0 Å². The van der Waals surface area contributed by atoms with Crippen LogP contribution in [0, 0.1) is 13.8 Å². The summed E-state index contributed by atoms with van der Waals surface area (Å²) in [6.07, 6.45) is 1.96. The number of rotatable bonds is 6. The van der Waals surface area contributed by atoms with Crippen LogP contribution in [-0.2, 0) is 4.79 Å². The lowest BCUT2D eigenvalue weighted by Crippen LogP contribution is -2.48. The molecule has 36 heavy (non-hydrogen) atoms. The highest BCUT2D eigenvalue weighted by atomic mass is 35.5. The number of nitrogens with zero attached hydrogens (tertiary/aromatic N) is 5. The molecule has 3 heterocycles. The van der Waals surface area contributed by atoms with Crippen LogP contribution in [0.15, 0.2) is 12.4 Å². The summed E-state index contributed by atoms with van der Waals surface area (Å²) in [6, 6.07) is 1.75. The summed E-state index contributed by atoms with van der Waals surface area (Å²) in [5.41, 5.74) is 10.5. The highest BCUT2D eigenvalue weighted by Gasteiger charge is 2.36. The van der Waals surface area contributed by atoms with Crippen molar-refractivity contribution in [2.45, 2.75) is 59.7 Å². The predicted molar refractivity (Wildman–Crippen MR) is 132 cm³/mol. The zero-order chi connectivity index (χ0) is 26.7. The van der Waals surface area contributed by atoms with Gasteiger partial charge in [0.05, 0.1) is 23.7 Å². The highest BCUT2D eigenvalue weighted by molar-refractivity contribution is 6.31. The van der Waals surface area contributed by atoms with E-state index in [4.69, 9.17) is 27.2 Å². The Kier molecular flexibility index (Phi) is 8.65. The van der Waals surface area contributed by atoms with Gasteiger partial charge in [0, 0.05) is 41.6 Å². The molecule has 1 saturated heterocycles. The minimum atomic E-state index is -3.67. The summed E-state index contributed by atoms with van der Waals surface area (Å²) >= 11 is 6.71. The number of carbonyl (C=O) groups is 1. The number of nitrogens with two attached hydrogens (primary N) is 1. The van der Waals surface area contributed by atoms with Crippen LogP contribution in [0.3, 0.4) is 0 Å². The Hall–Kier alpha value is -3.08. The number of hydrogen-bond acceptors (Lipinski definition) is 6. The first-order chi connectivity index (χ1) is 17.0. The largest absolute Gasteiger partial charge is 0.493 e. The van der Waals surface area contributed by atoms with Crippen LogP contribution < -0.4 is 10.5 Å². The Morgan fingerprint density at radius 2 is 1.89 bits per heavy atom. The molecule has 1 unspecified atom stereocenters. The number of carbonyl (C=O) groups excluding carboxylic acids is 1. The van der Waals surface area contributed by atoms with Gasteiger partial charge in [0.1, 0.15) is 17.9 Å². The number of halogens is 4. The van der Waals surface area contributed by atoms with Crippen LogP contribution in [0.1, 0.15) is 61.5 Å². The van der Waals surface area contributed by atoms with Crippen LogP contribution in [0.2, 0.25) is 5.02 Å². The number of hydrogen-bond donors (Lipinski definition) is 1. The van der Waals surface area contributed by atoms with Gasteiger partial charge in [-0.3, -0.25) is 4.79 Å². The van der Waals surface area contributed by atoms with E-state index in [1.165, 1.54) is 6.33 Å². The van der Waals surface area contributed by atoms with Crippen LogP contribution in [0.5, 0.6) is 5.75 Å². The van der Waals surface area contributed by atoms with Crippen LogP contribution in [-0.4, -0.2) is 56.9 Å². The molecule has 0 saturated carbocycles. The zero-order valence-electron chi connectivity index (χ0n) is 20.9. The first kappa shape index (κ1) is 27.5. The maximum absolute atomic E-state index is 12.1. The molecule has 4 rings (SSSR count). The van der Waals surface area contributed by atoms with E-state index in [0.29, 0.717) is 42.6 Å². The predicted octanol–water partition coefficient (Wildman–Crippen LogP) is 5.20. The van der Waals surface area contributed by atoms with Crippen molar-refractivity contribution in [1.29, 1.82) is 0 Å². The van der Waals surface area contributed by atoms with E-state index in [0.717, 1.165) is 33.5 Å². The van der Waals surface area contributed by atoms with Crippen molar-refractivity contribution in [3.05, 3.63) is 39.8 Å².